The van der Waals surface area contributed by atoms with Crippen molar-refractivity contribution in [2.45, 2.75) is 129 Å². The van der Waals surface area contributed by atoms with Crippen LogP contribution in [0.1, 0.15) is 122 Å². The van der Waals surface area contributed by atoms with Crippen LogP contribution in [0, 0.1) is 0 Å². The van der Waals surface area contributed by atoms with Crippen LogP contribution in [0.4, 0.5) is 0 Å². The number of ether oxygens (including phenoxy) is 1. The van der Waals surface area contributed by atoms with Gasteiger partial charge in [-0.25, -0.2) is 4.79 Å². The summed E-state index contributed by atoms with van der Waals surface area (Å²) in [6, 6.07) is 0. The summed E-state index contributed by atoms with van der Waals surface area (Å²) in [6.45, 7) is 2.28. The molecule has 0 rings (SSSR count). The molecular formula is C22H44O3. The molecule has 25 heavy (non-hydrogen) atoms. The Hall–Kier alpha value is -0.570. The topological polar surface area (TPSA) is 46.5 Å². The summed E-state index contributed by atoms with van der Waals surface area (Å²) in [4.78, 5) is 10.8. The highest BCUT2D eigenvalue weighted by molar-refractivity contribution is 5.72. The maximum absolute atomic E-state index is 10.8. The smallest absolute Gasteiger partial charge is 0.332 e. The van der Waals surface area contributed by atoms with Gasteiger partial charge in [-0.2, -0.15) is 0 Å². The molecule has 0 aromatic heterocycles. The van der Waals surface area contributed by atoms with Crippen molar-refractivity contribution < 1.29 is 14.6 Å². The fourth-order valence-corrected chi connectivity index (χ4v) is 3.40. The van der Waals surface area contributed by atoms with Crippen molar-refractivity contribution in [1.82, 2.24) is 0 Å². The zero-order chi connectivity index (χ0) is 18.6. The zero-order valence-electron chi connectivity index (χ0n) is 17.1. The lowest BCUT2D eigenvalue weighted by atomic mass is 10.0. The molecule has 0 saturated heterocycles. The van der Waals surface area contributed by atoms with Crippen molar-refractivity contribution in [1.29, 1.82) is 0 Å². The maximum Gasteiger partial charge on any atom is 0.332 e. The number of methoxy groups -OCH3 is 1. The van der Waals surface area contributed by atoms with E-state index in [1.54, 1.807) is 0 Å². The van der Waals surface area contributed by atoms with E-state index in [9.17, 15) is 4.79 Å². The van der Waals surface area contributed by atoms with Crippen LogP contribution >= 0.6 is 0 Å². The maximum atomic E-state index is 10.8. The van der Waals surface area contributed by atoms with Crippen molar-refractivity contribution >= 4 is 5.97 Å². The van der Waals surface area contributed by atoms with E-state index >= 15 is 0 Å². The summed E-state index contributed by atoms with van der Waals surface area (Å²) in [5.74, 6) is -0.834. The number of carboxylic acid groups (broad SMARTS) is 1. The molecule has 0 spiro atoms. The summed E-state index contributed by atoms with van der Waals surface area (Å²) in [6.07, 6.45) is 22.9. The minimum Gasteiger partial charge on any atom is -0.479 e. The monoisotopic (exact) mass is 356 g/mol. The summed E-state index contributed by atoms with van der Waals surface area (Å²) >= 11 is 0. The molecule has 150 valence electrons. The molecular weight excluding hydrogens is 312 g/mol. The molecule has 0 amide bonds. The summed E-state index contributed by atoms with van der Waals surface area (Å²) in [5, 5.41) is 8.88. The van der Waals surface area contributed by atoms with Crippen molar-refractivity contribution in [2.75, 3.05) is 7.11 Å². The van der Waals surface area contributed by atoms with Crippen LogP contribution in [-0.4, -0.2) is 24.3 Å². The number of hydrogen-bond acceptors (Lipinski definition) is 2. The van der Waals surface area contributed by atoms with Gasteiger partial charge in [-0.15, -0.1) is 0 Å². The van der Waals surface area contributed by atoms with Gasteiger partial charge in [0, 0.05) is 7.11 Å². The van der Waals surface area contributed by atoms with Crippen LogP contribution in [0.5, 0.6) is 0 Å². The molecule has 3 nitrogen and oxygen atoms in total. The lowest BCUT2D eigenvalue weighted by Crippen LogP contribution is -2.21. The van der Waals surface area contributed by atoms with Crippen molar-refractivity contribution in [3.05, 3.63) is 0 Å². The molecule has 0 saturated carbocycles. The standard InChI is InChI=1S/C22H44O3/c1-3-4-5-6-7-8-9-10-11-12-13-14-15-16-17-18-19-20-21(25-2)22(23)24/h21H,3-20H2,1-2H3,(H,23,24). The lowest BCUT2D eigenvalue weighted by Gasteiger charge is -2.09. The highest BCUT2D eigenvalue weighted by Crippen LogP contribution is 2.14. The third kappa shape index (κ3) is 18.0. The summed E-state index contributed by atoms with van der Waals surface area (Å²) in [5.41, 5.74) is 0. The third-order valence-corrected chi connectivity index (χ3v) is 5.13. The van der Waals surface area contributed by atoms with Gasteiger partial charge in [-0.3, -0.25) is 0 Å². The van der Waals surface area contributed by atoms with Gasteiger partial charge in [0.05, 0.1) is 0 Å². The zero-order valence-corrected chi connectivity index (χ0v) is 17.1. The van der Waals surface area contributed by atoms with Gasteiger partial charge in [0.2, 0.25) is 0 Å². The molecule has 0 aromatic rings. The van der Waals surface area contributed by atoms with Crippen LogP contribution < -0.4 is 0 Å². The average molecular weight is 357 g/mol. The minimum atomic E-state index is -0.834. The fraction of sp³-hybridized carbons (Fsp3) is 0.955. The normalized spacial score (nSPS) is 12.4. The second-order valence-electron chi connectivity index (χ2n) is 7.51. The molecule has 1 N–H and O–H groups in total. The Morgan fingerprint density at radius 2 is 1.00 bits per heavy atom. The second-order valence-corrected chi connectivity index (χ2v) is 7.51. The van der Waals surface area contributed by atoms with Crippen LogP contribution in [0.15, 0.2) is 0 Å². The molecule has 0 heterocycles. The lowest BCUT2D eigenvalue weighted by molar-refractivity contribution is -0.148. The summed E-state index contributed by atoms with van der Waals surface area (Å²) < 4.78 is 4.94. The minimum absolute atomic E-state index is 0.614. The average Bonchev–Trinajstić information content (AvgIpc) is 2.60. The predicted molar refractivity (Wildman–Crippen MR) is 107 cm³/mol. The Morgan fingerprint density at radius 3 is 1.28 bits per heavy atom. The fourth-order valence-electron chi connectivity index (χ4n) is 3.40. The number of hydrogen-bond donors (Lipinski definition) is 1. The highest BCUT2D eigenvalue weighted by Gasteiger charge is 2.14. The second kappa shape index (κ2) is 19.8. The molecule has 1 unspecified atom stereocenters. The first-order chi connectivity index (χ1) is 12.2. The van der Waals surface area contributed by atoms with E-state index in [2.05, 4.69) is 6.92 Å². The number of aliphatic carboxylic acids is 1. The Labute approximate surface area is 156 Å². The summed E-state index contributed by atoms with van der Waals surface area (Å²) in [7, 11) is 1.48. The van der Waals surface area contributed by atoms with Gasteiger partial charge < -0.3 is 9.84 Å². The predicted octanol–water partition coefficient (Wildman–Crippen LogP) is 7.13. The first-order valence-electron chi connectivity index (χ1n) is 11.0. The largest absolute Gasteiger partial charge is 0.479 e. The third-order valence-electron chi connectivity index (χ3n) is 5.13. The van der Waals surface area contributed by atoms with E-state index in [0.717, 1.165) is 12.8 Å². The number of carbonyl (C=O) groups is 1. The molecule has 0 radical (unpaired) electrons. The van der Waals surface area contributed by atoms with Gasteiger partial charge >= 0.3 is 5.97 Å². The number of rotatable bonds is 20. The highest BCUT2D eigenvalue weighted by atomic mass is 16.5. The van der Waals surface area contributed by atoms with Gasteiger partial charge in [-0.1, -0.05) is 116 Å². The van der Waals surface area contributed by atoms with E-state index < -0.39 is 12.1 Å². The number of carboxylic acids is 1. The molecule has 0 aliphatic heterocycles. The van der Waals surface area contributed by atoms with Gasteiger partial charge in [0.1, 0.15) is 0 Å². The van der Waals surface area contributed by atoms with Gasteiger partial charge in [0.25, 0.3) is 0 Å². The molecule has 0 aliphatic carbocycles. The van der Waals surface area contributed by atoms with Crippen molar-refractivity contribution in [3.8, 4) is 0 Å². The van der Waals surface area contributed by atoms with Crippen LogP contribution in [0.25, 0.3) is 0 Å². The van der Waals surface area contributed by atoms with E-state index in [-0.39, 0.29) is 0 Å². The molecule has 1 atom stereocenters. The van der Waals surface area contributed by atoms with E-state index in [1.165, 1.54) is 103 Å². The molecule has 0 aromatic carbocycles. The first kappa shape index (κ1) is 24.4. The molecule has 0 bridgehead atoms. The van der Waals surface area contributed by atoms with E-state index in [0.29, 0.717) is 6.42 Å². The van der Waals surface area contributed by atoms with Crippen molar-refractivity contribution in [2.24, 2.45) is 0 Å². The molecule has 0 fully saturated rings. The Morgan fingerprint density at radius 1 is 0.680 bits per heavy atom. The Bertz CT molecular complexity index is 278. The van der Waals surface area contributed by atoms with Crippen LogP contribution in [-0.2, 0) is 9.53 Å². The van der Waals surface area contributed by atoms with Crippen molar-refractivity contribution in [3.63, 3.8) is 0 Å². The molecule has 0 aliphatic rings. The van der Waals surface area contributed by atoms with Crippen LogP contribution in [0.3, 0.4) is 0 Å². The Balaban J connectivity index is 3.11. The van der Waals surface area contributed by atoms with E-state index in [1.807, 2.05) is 0 Å². The first-order valence-corrected chi connectivity index (χ1v) is 11.0. The number of unbranched alkanes of at least 4 members (excludes halogenated alkanes) is 16. The molecule has 3 heteroatoms. The van der Waals surface area contributed by atoms with E-state index in [4.69, 9.17) is 9.84 Å². The Kier molecular flexibility index (Phi) is 19.3. The quantitative estimate of drug-likeness (QED) is 0.236. The SMILES string of the molecule is CCCCCCCCCCCCCCCCCCCC(OC)C(=O)O. The van der Waals surface area contributed by atoms with Gasteiger partial charge in [0.15, 0.2) is 6.10 Å². The van der Waals surface area contributed by atoms with Crippen LogP contribution in [0.2, 0.25) is 0 Å². The van der Waals surface area contributed by atoms with Gasteiger partial charge in [-0.05, 0) is 6.42 Å².